The van der Waals surface area contributed by atoms with Crippen molar-refractivity contribution in [3.63, 3.8) is 0 Å². The van der Waals surface area contributed by atoms with Gasteiger partial charge in [0.05, 0.1) is 11.9 Å². The van der Waals surface area contributed by atoms with Crippen molar-refractivity contribution in [1.82, 2.24) is 25.2 Å². The highest BCUT2D eigenvalue weighted by atomic mass is 16.2. The van der Waals surface area contributed by atoms with Crippen molar-refractivity contribution >= 4 is 17.5 Å². The fourth-order valence-electron chi connectivity index (χ4n) is 4.75. The van der Waals surface area contributed by atoms with Crippen LogP contribution < -0.4 is 15.8 Å². The number of nitrogens with one attached hydrogen (secondary N) is 2. The molecule has 2 aromatic heterocycles. The molecule has 33 heavy (non-hydrogen) atoms. The van der Waals surface area contributed by atoms with E-state index in [0.717, 1.165) is 50.3 Å². The molecule has 2 aliphatic heterocycles. The normalized spacial score (nSPS) is 17.8. The minimum atomic E-state index is -0.199. The van der Waals surface area contributed by atoms with Gasteiger partial charge >= 0.3 is 0 Å². The number of likely N-dealkylation sites (tertiary alicyclic amines) is 1. The summed E-state index contributed by atoms with van der Waals surface area (Å²) in [6.45, 7) is 4.94. The van der Waals surface area contributed by atoms with Gasteiger partial charge in [0.15, 0.2) is 0 Å². The van der Waals surface area contributed by atoms with E-state index in [1.54, 1.807) is 25.5 Å². The lowest BCUT2D eigenvalue weighted by molar-refractivity contribution is -0.137. The number of amides is 2. The zero-order valence-corrected chi connectivity index (χ0v) is 19.3. The van der Waals surface area contributed by atoms with Gasteiger partial charge in [-0.2, -0.15) is 0 Å². The number of nitrogens with zero attached hydrogens (tertiary/aromatic N) is 4. The summed E-state index contributed by atoms with van der Waals surface area (Å²) in [6, 6.07) is 3.64. The first-order valence-corrected chi connectivity index (χ1v) is 11.8. The number of carbonyl (C=O) groups is 2. The summed E-state index contributed by atoms with van der Waals surface area (Å²) in [5.74, 6) is 1.02. The first-order valence-electron chi connectivity index (χ1n) is 11.8. The van der Waals surface area contributed by atoms with Crippen LogP contribution in [0.15, 0.2) is 29.3 Å². The molecule has 2 N–H and O–H groups in total. The predicted octanol–water partition coefficient (Wildman–Crippen LogP) is 1.71. The van der Waals surface area contributed by atoms with E-state index in [1.807, 2.05) is 17.9 Å². The number of hydrogen-bond acceptors (Lipinski definition) is 6. The Morgan fingerprint density at radius 1 is 1.06 bits per heavy atom. The zero-order valence-electron chi connectivity index (χ0n) is 19.3. The summed E-state index contributed by atoms with van der Waals surface area (Å²) in [7, 11) is 1.59. The Balaban J connectivity index is 1.28. The van der Waals surface area contributed by atoms with Crippen molar-refractivity contribution < 1.29 is 9.59 Å². The van der Waals surface area contributed by atoms with Gasteiger partial charge in [0, 0.05) is 56.8 Å². The molecule has 9 heteroatoms. The van der Waals surface area contributed by atoms with Crippen LogP contribution in [-0.4, -0.2) is 64.9 Å². The van der Waals surface area contributed by atoms with E-state index in [2.05, 4.69) is 25.2 Å². The zero-order chi connectivity index (χ0) is 23.4. The third kappa shape index (κ3) is 5.07. The molecule has 2 saturated heterocycles. The minimum absolute atomic E-state index is 0.0395. The van der Waals surface area contributed by atoms with Gasteiger partial charge in [-0.25, -0.2) is 9.97 Å². The predicted molar refractivity (Wildman–Crippen MR) is 125 cm³/mol. The van der Waals surface area contributed by atoms with Crippen LogP contribution in [-0.2, 0) is 11.2 Å². The number of carbonyl (C=O) groups excluding carboxylic acids is 2. The van der Waals surface area contributed by atoms with Crippen LogP contribution >= 0.6 is 0 Å². The number of piperidine rings is 2. The number of rotatable bonds is 5. The van der Waals surface area contributed by atoms with Gasteiger partial charge < -0.3 is 20.1 Å². The van der Waals surface area contributed by atoms with Crippen LogP contribution in [0, 0.1) is 5.92 Å². The second kappa shape index (κ2) is 10.1. The van der Waals surface area contributed by atoms with Crippen molar-refractivity contribution in [1.29, 1.82) is 0 Å². The van der Waals surface area contributed by atoms with Crippen LogP contribution in [0.3, 0.4) is 0 Å². The summed E-state index contributed by atoms with van der Waals surface area (Å²) in [6.07, 6.45) is 7.34. The Kier molecular flexibility index (Phi) is 7.05. The Labute approximate surface area is 193 Å². The standard InChI is InChI=1S/C24H32N6O3/c1-3-16-14-27-21(28-22(16)31)17-6-12-30(13-7-17)24(33)18-8-10-29(11-9-18)19-4-5-20(26-15-19)23(32)25-2/h4-5,14-15,17-18H,3,6-13H2,1-2H3,(H,25,32)(H,27,28,31). The maximum Gasteiger partial charge on any atom is 0.269 e. The number of anilines is 1. The SMILES string of the molecule is CCc1cnc(C2CCN(C(=O)C3CCN(c4ccc(C(=O)NC)nc4)CC3)CC2)[nH]c1=O. The van der Waals surface area contributed by atoms with Crippen molar-refractivity contribution in [2.24, 2.45) is 5.92 Å². The summed E-state index contributed by atoms with van der Waals surface area (Å²) in [5.41, 5.74) is 2.03. The van der Waals surface area contributed by atoms with Crippen LogP contribution in [0.2, 0.25) is 0 Å². The molecule has 2 aliphatic rings. The molecule has 0 aromatic carbocycles. The lowest BCUT2D eigenvalue weighted by atomic mass is 9.91. The third-order valence-corrected chi connectivity index (χ3v) is 6.88. The largest absolute Gasteiger partial charge is 0.370 e. The van der Waals surface area contributed by atoms with Crippen molar-refractivity contribution in [3.05, 3.63) is 52.0 Å². The molecular weight excluding hydrogens is 420 g/mol. The molecule has 2 fully saturated rings. The molecule has 0 spiro atoms. The number of aromatic amines is 1. The van der Waals surface area contributed by atoms with E-state index in [4.69, 9.17) is 0 Å². The fourth-order valence-corrected chi connectivity index (χ4v) is 4.75. The maximum atomic E-state index is 13.1. The van der Waals surface area contributed by atoms with Crippen molar-refractivity contribution in [3.8, 4) is 0 Å². The van der Waals surface area contributed by atoms with Gasteiger partial charge in [-0.05, 0) is 44.2 Å². The average Bonchev–Trinajstić information content (AvgIpc) is 2.88. The summed E-state index contributed by atoms with van der Waals surface area (Å²) >= 11 is 0. The quantitative estimate of drug-likeness (QED) is 0.715. The molecule has 9 nitrogen and oxygen atoms in total. The molecule has 176 valence electrons. The lowest BCUT2D eigenvalue weighted by Crippen LogP contribution is -2.45. The number of H-pyrrole nitrogens is 1. The van der Waals surface area contributed by atoms with Gasteiger partial charge in [0.1, 0.15) is 11.5 Å². The van der Waals surface area contributed by atoms with Gasteiger partial charge in [-0.3, -0.25) is 14.4 Å². The molecule has 0 unspecified atom stereocenters. The van der Waals surface area contributed by atoms with Crippen molar-refractivity contribution in [2.45, 2.75) is 44.9 Å². The van der Waals surface area contributed by atoms with Gasteiger partial charge in [-0.1, -0.05) is 6.92 Å². The molecule has 0 saturated carbocycles. The Bertz CT molecular complexity index is 1030. The highest BCUT2D eigenvalue weighted by Gasteiger charge is 2.32. The van der Waals surface area contributed by atoms with Gasteiger partial charge in [0.25, 0.3) is 11.5 Å². The Morgan fingerprint density at radius 3 is 2.36 bits per heavy atom. The maximum absolute atomic E-state index is 13.1. The minimum Gasteiger partial charge on any atom is -0.370 e. The monoisotopic (exact) mass is 452 g/mol. The lowest BCUT2D eigenvalue weighted by Gasteiger charge is -2.37. The van der Waals surface area contributed by atoms with E-state index < -0.39 is 0 Å². The average molecular weight is 453 g/mol. The number of hydrogen-bond donors (Lipinski definition) is 2. The molecule has 2 amide bonds. The second-order valence-corrected chi connectivity index (χ2v) is 8.82. The molecule has 4 rings (SSSR count). The Morgan fingerprint density at radius 2 is 1.79 bits per heavy atom. The van der Waals surface area contributed by atoms with Crippen LogP contribution in [0.25, 0.3) is 0 Å². The van der Waals surface area contributed by atoms with Gasteiger partial charge in [-0.15, -0.1) is 0 Å². The van der Waals surface area contributed by atoms with Crippen LogP contribution in [0.4, 0.5) is 5.69 Å². The molecule has 0 bridgehead atoms. The molecule has 0 atom stereocenters. The third-order valence-electron chi connectivity index (χ3n) is 6.88. The number of pyridine rings is 1. The number of aromatic nitrogens is 3. The first-order chi connectivity index (χ1) is 16.0. The number of aryl methyl sites for hydroxylation is 1. The smallest absolute Gasteiger partial charge is 0.269 e. The van der Waals surface area contributed by atoms with Crippen LogP contribution in [0.1, 0.15) is 60.4 Å². The van der Waals surface area contributed by atoms with E-state index in [9.17, 15) is 14.4 Å². The molecule has 4 heterocycles. The molecule has 0 radical (unpaired) electrons. The topological polar surface area (TPSA) is 111 Å². The summed E-state index contributed by atoms with van der Waals surface area (Å²) < 4.78 is 0. The second-order valence-electron chi connectivity index (χ2n) is 8.82. The first kappa shape index (κ1) is 22.9. The van der Waals surface area contributed by atoms with Gasteiger partial charge in [0.2, 0.25) is 5.91 Å². The van der Waals surface area contributed by atoms with E-state index in [1.165, 1.54) is 0 Å². The van der Waals surface area contributed by atoms with E-state index >= 15 is 0 Å². The van der Waals surface area contributed by atoms with E-state index in [0.29, 0.717) is 30.8 Å². The van der Waals surface area contributed by atoms with Crippen LogP contribution in [0.5, 0.6) is 0 Å². The summed E-state index contributed by atoms with van der Waals surface area (Å²) in [5, 5.41) is 2.57. The highest BCUT2D eigenvalue weighted by molar-refractivity contribution is 5.92. The molecular formula is C24H32N6O3. The summed E-state index contributed by atoms with van der Waals surface area (Å²) in [4.78, 5) is 52.7. The Hall–Kier alpha value is -3.23. The highest BCUT2D eigenvalue weighted by Crippen LogP contribution is 2.29. The fraction of sp³-hybridized carbons (Fsp3) is 0.542. The van der Waals surface area contributed by atoms with Crippen molar-refractivity contribution in [2.75, 3.05) is 38.1 Å². The molecule has 2 aromatic rings. The van der Waals surface area contributed by atoms with E-state index in [-0.39, 0.29) is 29.2 Å². The molecule has 0 aliphatic carbocycles.